The molecule has 13 rings (SSSR count). The second-order valence-corrected chi connectivity index (χ2v) is 15.6. The summed E-state index contributed by atoms with van der Waals surface area (Å²) in [6.07, 6.45) is 0. The number of para-hydroxylation sites is 2. The number of hydrogen-bond acceptors (Lipinski definition) is 4. The summed E-state index contributed by atoms with van der Waals surface area (Å²) in [6, 6.07) is 70.8. The summed E-state index contributed by atoms with van der Waals surface area (Å²) in [4.78, 5) is 2.30. The first-order valence-electron chi connectivity index (χ1n) is 20.3. The predicted octanol–water partition coefficient (Wildman–Crippen LogP) is 16.5. The van der Waals surface area contributed by atoms with E-state index < -0.39 is 0 Å². The highest BCUT2D eigenvalue weighted by Gasteiger charge is 2.27. The van der Waals surface area contributed by atoms with Crippen LogP contribution in [-0.2, 0) is 0 Å². The zero-order chi connectivity index (χ0) is 39.3. The normalized spacial score (nSPS) is 12.0. The molecule has 4 heteroatoms. The molecule has 0 unspecified atom stereocenters. The molecule has 13 aromatic rings. The van der Waals surface area contributed by atoms with Gasteiger partial charge >= 0.3 is 0 Å². The molecule has 0 amide bonds. The monoisotopic (exact) mass is 767 g/mol. The molecule has 0 saturated carbocycles. The molecular weight excluding hydrogens is 735 g/mol. The van der Waals surface area contributed by atoms with Crippen molar-refractivity contribution >= 4 is 104 Å². The second kappa shape index (κ2) is 12.7. The van der Waals surface area contributed by atoms with Gasteiger partial charge in [0.1, 0.15) is 28.0 Å². The molecule has 0 aliphatic carbocycles. The zero-order valence-corrected chi connectivity index (χ0v) is 32.2. The highest BCUT2D eigenvalue weighted by atomic mass is 16.3. The minimum Gasteiger partial charge on any atom is -0.455 e. The van der Waals surface area contributed by atoms with Crippen molar-refractivity contribution in [3.8, 4) is 22.3 Å². The highest BCUT2D eigenvalue weighted by molar-refractivity contribution is 6.24. The molecule has 280 valence electrons. The lowest BCUT2D eigenvalue weighted by atomic mass is 10.0. The molecule has 0 saturated heterocycles. The number of rotatable bonds is 5. The van der Waals surface area contributed by atoms with Crippen LogP contribution in [-0.4, -0.2) is 0 Å². The Kier molecular flexibility index (Phi) is 6.98. The molecule has 60 heavy (non-hydrogen) atoms. The number of nitrogens with zero attached hydrogens (tertiary/aromatic N) is 1. The minimum atomic E-state index is 0.764. The lowest BCUT2D eigenvalue weighted by Crippen LogP contribution is -2.10. The van der Waals surface area contributed by atoms with E-state index in [0.717, 1.165) is 116 Å². The predicted molar refractivity (Wildman–Crippen MR) is 249 cm³/mol. The quantitative estimate of drug-likeness (QED) is 0.175. The number of hydrogen-bond donors (Lipinski definition) is 0. The average molecular weight is 768 g/mol. The first-order valence-corrected chi connectivity index (χ1v) is 20.3. The molecule has 0 radical (unpaired) electrons. The summed E-state index contributed by atoms with van der Waals surface area (Å²) in [6.45, 7) is 0. The van der Waals surface area contributed by atoms with Gasteiger partial charge in [0.25, 0.3) is 0 Å². The largest absolute Gasteiger partial charge is 0.455 e. The van der Waals surface area contributed by atoms with Crippen molar-refractivity contribution in [2.75, 3.05) is 4.90 Å². The van der Waals surface area contributed by atoms with Crippen LogP contribution in [0.5, 0.6) is 0 Å². The third-order valence-corrected chi connectivity index (χ3v) is 12.2. The van der Waals surface area contributed by atoms with E-state index in [2.05, 4.69) is 193 Å². The molecule has 0 aliphatic heterocycles. The molecule has 3 heterocycles. The molecule has 4 nitrogen and oxygen atoms in total. The van der Waals surface area contributed by atoms with E-state index in [4.69, 9.17) is 13.3 Å². The molecule has 3 aromatic heterocycles. The van der Waals surface area contributed by atoms with E-state index in [-0.39, 0.29) is 0 Å². The fourth-order valence-corrected chi connectivity index (χ4v) is 9.30. The lowest BCUT2D eigenvalue weighted by molar-refractivity contribution is 0.657. The summed E-state index contributed by atoms with van der Waals surface area (Å²) in [5.41, 5.74) is 12.2. The smallest absolute Gasteiger partial charge is 0.163 e. The SMILES string of the molecule is c1ccc(-c2ccc(N(c3ccc(-c4cccc5c4oc4ccccc45)cc3)c3c4oc5cc6ccccc6cc5c4cc4c3oc3cc5ccccc5cc34)cc2)cc1. The zero-order valence-electron chi connectivity index (χ0n) is 32.2. The van der Waals surface area contributed by atoms with Crippen LogP contribution >= 0.6 is 0 Å². The lowest BCUT2D eigenvalue weighted by Gasteiger charge is -2.26. The number of benzene rings is 10. The molecule has 0 bridgehead atoms. The number of anilines is 3. The summed E-state index contributed by atoms with van der Waals surface area (Å²) >= 11 is 0. The second-order valence-electron chi connectivity index (χ2n) is 15.6. The summed E-state index contributed by atoms with van der Waals surface area (Å²) in [5.74, 6) is 0. The maximum Gasteiger partial charge on any atom is 0.163 e. The fourth-order valence-electron chi connectivity index (χ4n) is 9.30. The Morgan fingerprint density at radius 2 is 0.767 bits per heavy atom. The molecule has 0 aliphatic rings. The molecule has 10 aromatic carbocycles. The van der Waals surface area contributed by atoms with Gasteiger partial charge in [-0.3, -0.25) is 0 Å². The third-order valence-electron chi connectivity index (χ3n) is 12.2. The van der Waals surface area contributed by atoms with Crippen LogP contribution in [0.2, 0.25) is 0 Å². The van der Waals surface area contributed by atoms with E-state index >= 15 is 0 Å². The van der Waals surface area contributed by atoms with E-state index in [9.17, 15) is 0 Å². The third kappa shape index (κ3) is 4.98. The Hall–Kier alpha value is -8.08. The van der Waals surface area contributed by atoms with Crippen LogP contribution in [0.25, 0.3) is 110 Å². The molecule has 0 N–H and O–H groups in total. The molecule has 0 spiro atoms. The Bertz CT molecular complexity index is 3690. The van der Waals surface area contributed by atoms with E-state index in [0.29, 0.717) is 0 Å². The van der Waals surface area contributed by atoms with Crippen molar-refractivity contribution in [3.05, 3.63) is 200 Å². The first-order chi connectivity index (χ1) is 29.7. The molecular formula is C56H33NO3. The van der Waals surface area contributed by atoms with Crippen LogP contribution in [0.1, 0.15) is 0 Å². The van der Waals surface area contributed by atoms with Gasteiger partial charge in [-0.2, -0.15) is 0 Å². The van der Waals surface area contributed by atoms with Gasteiger partial charge in [-0.15, -0.1) is 0 Å². The first kappa shape index (κ1) is 32.9. The van der Waals surface area contributed by atoms with Gasteiger partial charge in [0.15, 0.2) is 11.2 Å². The van der Waals surface area contributed by atoms with Crippen molar-refractivity contribution in [1.29, 1.82) is 0 Å². The van der Waals surface area contributed by atoms with Gasteiger partial charge < -0.3 is 18.2 Å². The maximum absolute atomic E-state index is 7.05. The maximum atomic E-state index is 7.05. The summed E-state index contributed by atoms with van der Waals surface area (Å²) in [5, 5.41) is 11.0. The number of furan rings is 3. The van der Waals surface area contributed by atoms with E-state index in [1.165, 1.54) is 10.8 Å². The van der Waals surface area contributed by atoms with Crippen LogP contribution in [0, 0.1) is 0 Å². The summed E-state index contributed by atoms with van der Waals surface area (Å²) < 4.78 is 20.6. The topological polar surface area (TPSA) is 42.7 Å². The Labute approximate surface area is 343 Å². The van der Waals surface area contributed by atoms with Crippen LogP contribution in [0.4, 0.5) is 17.1 Å². The summed E-state index contributed by atoms with van der Waals surface area (Å²) in [7, 11) is 0. The standard InChI is InChI=1S/C56H33NO3/c1-2-11-34(12-3-1)35-21-25-41(26-22-35)57(42-27-23-36(24-28-42)43-18-10-19-45-44-17-8-9-20-50(44)58-54(43)45)53-55-48(46-29-37-13-4-6-15-39(37)31-51(46)59-55)33-49-47-30-38-14-5-7-16-40(38)32-52(47)60-56(49)53/h1-33H. The van der Waals surface area contributed by atoms with Crippen LogP contribution < -0.4 is 4.90 Å². The van der Waals surface area contributed by atoms with E-state index in [1.807, 2.05) is 12.1 Å². The van der Waals surface area contributed by atoms with Crippen LogP contribution in [0.15, 0.2) is 213 Å². The average Bonchev–Trinajstić information content (AvgIpc) is 3.99. The van der Waals surface area contributed by atoms with Gasteiger partial charge in [-0.05, 0) is 98.9 Å². The Morgan fingerprint density at radius 3 is 1.38 bits per heavy atom. The van der Waals surface area contributed by atoms with Gasteiger partial charge in [-0.25, -0.2) is 0 Å². The molecule has 0 atom stereocenters. The van der Waals surface area contributed by atoms with Crippen molar-refractivity contribution < 1.29 is 13.3 Å². The van der Waals surface area contributed by atoms with Crippen molar-refractivity contribution in [2.24, 2.45) is 0 Å². The Morgan fingerprint density at radius 1 is 0.283 bits per heavy atom. The fraction of sp³-hybridized carbons (Fsp3) is 0. The number of fused-ring (bicyclic) bond motifs is 11. The van der Waals surface area contributed by atoms with Gasteiger partial charge in [0.05, 0.1) is 0 Å². The minimum absolute atomic E-state index is 0.764. The Balaban J connectivity index is 1.09. The van der Waals surface area contributed by atoms with Crippen molar-refractivity contribution in [1.82, 2.24) is 0 Å². The van der Waals surface area contributed by atoms with Crippen LogP contribution in [0.3, 0.4) is 0 Å². The van der Waals surface area contributed by atoms with Gasteiger partial charge in [-0.1, -0.05) is 140 Å². The van der Waals surface area contributed by atoms with Gasteiger partial charge in [0.2, 0.25) is 0 Å². The molecule has 0 fully saturated rings. The van der Waals surface area contributed by atoms with Crippen molar-refractivity contribution in [3.63, 3.8) is 0 Å². The van der Waals surface area contributed by atoms with E-state index in [1.54, 1.807) is 0 Å². The highest BCUT2D eigenvalue weighted by Crippen LogP contribution is 2.50. The van der Waals surface area contributed by atoms with Gasteiger partial charge in [0, 0.05) is 49.3 Å². The van der Waals surface area contributed by atoms with Crippen molar-refractivity contribution in [2.45, 2.75) is 0 Å².